The van der Waals surface area contributed by atoms with Gasteiger partial charge in [0.15, 0.2) is 0 Å². The van der Waals surface area contributed by atoms with E-state index < -0.39 is 29.1 Å². The zero-order valence-electron chi connectivity index (χ0n) is 13.9. The first-order chi connectivity index (χ1) is 11.3. The summed E-state index contributed by atoms with van der Waals surface area (Å²) in [6.45, 7) is 2.91. The highest BCUT2D eigenvalue weighted by molar-refractivity contribution is 6.36. The average Bonchev–Trinajstić information content (AvgIpc) is 2.59. The molecule has 0 saturated heterocycles. The van der Waals surface area contributed by atoms with Gasteiger partial charge in [0, 0.05) is 24.9 Å². The molecule has 0 bridgehead atoms. The molecule has 132 valence electrons. The smallest absolute Gasteiger partial charge is 0.287 e. The third-order valence-electron chi connectivity index (χ3n) is 3.60. The van der Waals surface area contributed by atoms with E-state index in [4.69, 9.17) is 5.11 Å². The Labute approximate surface area is 141 Å². The van der Waals surface area contributed by atoms with Crippen molar-refractivity contribution in [1.82, 2.24) is 10.6 Å². The van der Waals surface area contributed by atoms with Crippen LogP contribution in [0.15, 0.2) is 30.3 Å². The Hall–Kier alpha value is -2.25. The first kappa shape index (κ1) is 19.8. The summed E-state index contributed by atoms with van der Waals surface area (Å²) in [5.41, 5.74) is -0.109. The molecule has 0 radical (unpaired) electrons. The van der Waals surface area contributed by atoms with E-state index in [1.165, 1.54) is 0 Å². The van der Waals surface area contributed by atoms with E-state index >= 15 is 0 Å². The molecule has 2 amide bonds. The van der Waals surface area contributed by atoms with Crippen LogP contribution in [0.3, 0.4) is 0 Å². The third kappa shape index (κ3) is 6.10. The summed E-state index contributed by atoms with van der Waals surface area (Å²) in [6, 6.07) is 9.17. The van der Waals surface area contributed by atoms with E-state index in [-0.39, 0.29) is 26.1 Å². The number of nitrogens with one attached hydrogen (secondary N) is 2. The van der Waals surface area contributed by atoms with Gasteiger partial charge in [0.1, 0.15) is 6.10 Å². The minimum atomic E-state index is -1.40. The molecule has 1 atom stereocenters. The van der Waals surface area contributed by atoms with Crippen molar-refractivity contribution in [1.29, 1.82) is 0 Å². The van der Waals surface area contributed by atoms with Gasteiger partial charge in [-0.3, -0.25) is 14.4 Å². The van der Waals surface area contributed by atoms with Crippen LogP contribution in [0.5, 0.6) is 0 Å². The minimum Gasteiger partial charge on any atom is -0.396 e. The van der Waals surface area contributed by atoms with Crippen LogP contribution in [0.1, 0.15) is 25.8 Å². The highest BCUT2D eigenvalue weighted by Crippen LogP contribution is 2.19. The molecule has 1 rings (SSSR count). The minimum absolute atomic E-state index is 0.0605. The number of amides is 2. The van der Waals surface area contributed by atoms with E-state index in [1.807, 2.05) is 30.3 Å². The van der Waals surface area contributed by atoms with Crippen molar-refractivity contribution in [3.8, 4) is 0 Å². The summed E-state index contributed by atoms with van der Waals surface area (Å²) < 4.78 is 0. The standard InChI is InChI=1S/C17H24N2O5/c1-17(2,11-20)14(22)16(24)18-9-8-13(21)15(23)19-10-12-6-4-3-5-7-12/h3-7,14,20,22H,8-11H2,1-2H3,(H,18,24)(H,19,23)/t14-/m0/s1. The third-order valence-corrected chi connectivity index (χ3v) is 3.60. The summed E-state index contributed by atoms with van der Waals surface area (Å²) in [7, 11) is 0. The lowest BCUT2D eigenvalue weighted by Gasteiger charge is -2.27. The number of benzene rings is 1. The van der Waals surface area contributed by atoms with Crippen LogP contribution in [-0.2, 0) is 20.9 Å². The second-order valence-corrected chi connectivity index (χ2v) is 6.18. The first-order valence-corrected chi connectivity index (χ1v) is 7.69. The van der Waals surface area contributed by atoms with Gasteiger partial charge in [0.05, 0.1) is 6.61 Å². The molecule has 7 nitrogen and oxygen atoms in total. The Morgan fingerprint density at radius 2 is 1.75 bits per heavy atom. The Morgan fingerprint density at radius 1 is 1.12 bits per heavy atom. The van der Waals surface area contributed by atoms with Crippen molar-refractivity contribution in [2.75, 3.05) is 13.2 Å². The number of hydrogen-bond donors (Lipinski definition) is 4. The molecule has 0 aromatic heterocycles. The number of Topliss-reactive ketones (excluding diaryl/α,β-unsaturated/α-hetero) is 1. The lowest BCUT2D eigenvalue weighted by atomic mass is 9.87. The molecule has 0 heterocycles. The van der Waals surface area contributed by atoms with E-state index in [0.717, 1.165) is 5.56 Å². The molecule has 0 saturated carbocycles. The fourth-order valence-corrected chi connectivity index (χ4v) is 1.83. The highest BCUT2D eigenvalue weighted by atomic mass is 16.3. The number of rotatable bonds is 9. The molecule has 1 aromatic rings. The molecule has 4 N–H and O–H groups in total. The van der Waals surface area contributed by atoms with Crippen molar-refractivity contribution in [2.24, 2.45) is 5.41 Å². The molecule has 1 aromatic carbocycles. The number of carbonyl (C=O) groups excluding carboxylic acids is 3. The van der Waals surface area contributed by atoms with Gasteiger partial charge in [-0.15, -0.1) is 0 Å². The molecular weight excluding hydrogens is 312 g/mol. The number of hydrogen-bond acceptors (Lipinski definition) is 5. The number of aliphatic hydroxyl groups is 2. The van der Waals surface area contributed by atoms with E-state index in [2.05, 4.69) is 10.6 Å². The normalized spacial score (nSPS) is 12.3. The average molecular weight is 336 g/mol. The maximum absolute atomic E-state index is 11.7. The molecule has 0 aliphatic carbocycles. The summed E-state index contributed by atoms with van der Waals surface area (Å²) in [6.07, 6.45) is -1.57. The summed E-state index contributed by atoms with van der Waals surface area (Å²) in [4.78, 5) is 35.1. The second-order valence-electron chi connectivity index (χ2n) is 6.18. The highest BCUT2D eigenvalue weighted by Gasteiger charge is 2.32. The van der Waals surface area contributed by atoms with Gasteiger partial charge >= 0.3 is 0 Å². The van der Waals surface area contributed by atoms with Crippen molar-refractivity contribution in [3.63, 3.8) is 0 Å². The van der Waals surface area contributed by atoms with Crippen LogP contribution in [0.2, 0.25) is 0 Å². The van der Waals surface area contributed by atoms with Crippen LogP contribution in [-0.4, -0.2) is 47.1 Å². The van der Waals surface area contributed by atoms with Gasteiger partial charge < -0.3 is 20.8 Å². The molecule has 0 fully saturated rings. The predicted molar refractivity (Wildman–Crippen MR) is 87.8 cm³/mol. The quantitative estimate of drug-likeness (QED) is 0.465. The van der Waals surface area contributed by atoms with E-state index in [0.29, 0.717) is 0 Å². The molecule has 0 unspecified atom stereocenters. The van der Waals surface area contributed by atoms with Gasteiger partial charge in [-0.25, -0.2) is 0 Å². The predicted octanol–water partition coefficient (Wildman–Crippen LogP) is -0.242. The fraction of sp³-hybridized carbons (Fsp3) is 0.471. The summed E-state index contributed by atoms with van der Waals surface area (Å²) in [5, 5.41) is 23.8. The Kier molecular flexibility index (Phi) is 7.54. The van der Waals surface area contributed by atoms with Gasteiger partial charge in [-0.05, 0) is 5.56 Å². The van der Waals surface area contributed by atoms with Crippen LogP contribution < -0.4 is 10.6 Å². The lowest BCUT2D eigenvalue weighted by Crippen LogP contribution is -2.46. The number of ketones is 1. The maximum Gasteiger partial charge on any atom is 0.287 e. The largest absolute Gasteiger partial charge is 0.396 e. The van der Waals surface area contributed by atoms with E-state index in [1.54, 1.807) is 13.8 Å². The van der Waals surface area contributed by atoms with Crippen molar-refractivity contribution < 1.29 is 24.6 Å². The second kappa shape index (κ2) is 9.14. The van der Waals surface area contributed by atoms with Crippen LogP contribution in [0, 0.1) is 5.41 Å². The molecule has 24 heavy (non-hydrogen) atoms. The Bertz CT molecular complexity index is 572. The Balaban J connectivity index is 2.32. The topological polar surface area (TPSA) is 116 Å². The number of carbonyl (C=O) groups is 3. The molecule has 7 heteroatoms. The van der Waals surface area contributed by atoms with Gasteiger partial charge in [0.25, 0.3) is 5.91 Å². The van der Waals surface area contributed by atoms with Gasteiger partial charge in [-0.1, -0.05) is 44.2 Å². The Morgan fingerprint density at radius 3 is 2.33 bits per heavy atom. The van der Waals surface area contributed by atoms with Crippen LogP contribution in [0.25, 0.3) is 0 Å². The van der Waals surface area contributed by atoms with Crippen molar-refractivity contribution in [3.05, 3.63) is 35.9 Å². The van der Waals surface area contributed by atoms with Crippen LogP contribution in [0.4, 0.5) is 0 Å². The fourth-order valence-electron chi connectivity index (χ4n) is 1.83. The molecule has 0 aliphatic heterocycles. The maximum atomic E-state index is 11.7. The monoisotopic (exact) mass is 336 g/mol. The van der Waals surface area contributed by atoms with E-state index in [9.17, 15) is 19.5 Å². The summed E-state index contributed by atoms with van der Waals surface area (Å²) >= 11 is 0. The molecule has 0 spiro atoms. The zero-order chi connectivity index (χ0) is 18.2. The van der Waals surface area contributed by atoms with Gasteiger partial charge in [-0.2, -0.15) is 0 Å². The molecule has 0 aliphatic rings. The van der Waals surface area contributed by atoms with Crippen LogP contribution >= 0.6 is 0 Å². The summed E-state index contributed by atoms with van der Waals surface area (Å²) in [5.74, 6) is -2.06. The lowest BCUT2D eigenvalue weighted by molar-refractivity contribution is -0.139. The van der Waals surface area contributed by atoms with Crippen molar-refractivity contribution >= 4 is 17.6 Å². The van der Waals surface area contributed by atoms with Crippen molar-refractivity contribution in [2.45, 2.75) is 32.9 Å². The van der Waals surface area contributed by atoms with Gasteiger partial charge in [0.2, 0.25) is 11.7 Å². The first-order valence-electron chi connectivity index (χ1n) is 7.69. The molecular formula is C17H24N2O5. The SMILES string of the molecule is CC(C)(CO)[C@@H](O)C(=O)NCCC(=O)C(=O)NCc1ccccc1. The number of aliphatic hydroxyl groups excluding tert-OH is 2. The zero-order valence-corrected chi connectivity index (χ0v) is 13.9.